The highest BCUT2D eigenvalue weighted by Crippen LogP contribution is 2.25. The van der Waals surface area contributed by atoms with Crippen LogP contribution in [0.25, 0.3) is 0 Å². The maximum Gasteiger partial charge on any atom is 0.259 e. The first-order valence-electron chi connectivity index (χ1n) is 5.48. The lowest BCUT2D eigenvalue weighted by Crippen LogP contribution is -2.25. The maximum absolute atomic E-state index is 5.76. The SMILES string of the molecule is CN(C)C(=S)OC(c1ccco1)c1nccn1C. The van der Waals surface area contributed by atoms with Gasteiger partial charge in [0.05, 0.1) is 6.26 Å². The van der Waals surface area contributed by atoms with E-state index in [1.165, 1.54) is 0 Å². The average Bonchev–Trinajstić information content (AvgIpc) is 2.96. The number of aromatic nitrogens is 2. The number of furan rings is 1. The van der Waals surface area contributed by atoms with Crippen molar-refractivity contribution >= 4 is 17.4 Å². The van der Waals surface area contributed by atoms with Crippen LogP contribution in [-0.2, 0) is 11.8 Å². The summed E-state index contributed by atoms with van der Waals surface area (Å²) in [6.07, 6.45) is 4.74. The minimum absolute atomic E-state index is 0.388. The normalized spacial score (nSPS) is 12.2. The van der Waals surface area contributed by atoms with Crippen LogP contribution in [0.4, 0.5) is 0 Å². The Morgan fingerprint density at radius 1 is 1.56 bits per heavy atom. The van der Waals surface area contributed by atoms with E-state index in [1.54, 1.807) is 17.4 Å². The first-order chi connectivity index (χ1) is 8.59. The molecule has 0 saturated carbocycles. The zero-order valence-electron chi connectivity index (χ0n) is 10.5. The number of hydrogen-bond donors (Lipinski definition) is 0. The van der Waals surface area contributed by atoms with E-state index in [0.29, 0.717) is 10.9 Å². The lowest BCUT2D eigenvalue weighted by molar-refractivity contribution is 0.170. The molecule has 0 aliphatic carbocycles. The Kier molecular flexibility index (Phi) is 3.66. The molecule has 0 aliphatic rings. The Balaban J connectivity index is 2.30. The van der Waals surface area contributed by atoms with Crippen LogP contribution in [0.2, 0.25) is 0 Å². The molecule has 0 N–H and O–H groups in total. The lowest BCUT2D eigenvalue weighted by atomic mass is 10.2. The lowest BCUT2D eigenvalue weighted by Gasteiger charge is -2.20. The summed E-state index contributed by atoms with van der Waals surface area (Å²) in [5, 5.41) is 0.388. The number of hydrogen-bond acceptors (Lipinski definition) is 4. The van der Waals surface area contributed by atoms with Crippen molar-refractivity contribution in [3.63, 3.8) is 0 Å². The molecule has 2 aromatic heterocycles. The van der Waals surface area contributed by atoms with Gasteiger partial charge in [0.2, 0.25) is 6.10 Å². The van der Waals surface area contributed by atoms with Crippen molar-refractivity contribution in [1.29, 1.82) is 0 Å². The number of imidazole rings is 1. The molecule has 0 saturated heterocycles. The van der Waals surface area contributed by atoms with Gasteiger partial charge in [-0.15, -0.1) is 0 Å². The van der Waals surface area contributed by atoms with Crippen LogP contribution in [0.5, 0.6) is 0 Å². The van der Waals surface area contributed by atoms with Crippen LogP contribution < -0.4 is 0 Å². The van der Waals surface area contributed by atoms with Crippen LogP contribution in [-0.4, -0.2) is 33.7 Å². The molecule has 5 nitrogen and oxygen atoms in total. The molecule has 2 rings (SSSR count). The molecule has 0 bridgehead atoms. The van der Waals surface area contributed by atoms with Gasteiger partial charge in [0.15, 0.2) is 11.6 Å². The average molecular weight is 265 g/mol. The minimum atomic E-state index is -0.435. The van der Waals surface area contributed by atoms with E-state index in [9.17, 15) is 0 Å². The molecule has 0 spiro atoms. The molecule has 2 heterocycles. The molecule has 0 aromatic carbocycles. The highest BCUT2D eigenvalue weighted by molar-refractivity contribution is 7.80. The molecule has 2 aromatic rings. The number of thiocarbonyl (C=S) groups is 1. The number of ether oxygens (including phenoxy) is 1. The standard InChI is InChI=1S/C12H15N3O2S/c1-14(2)12(18)17-10(9-5-4-8-16-9)11-13-6-7-15(11)3/h4-8,10H,1-3H3. The van der Waals surface area contributed by atoms with Crippen LogP contribution in [0.3, 0.4) is 0 Å². The van der Waals surface area contributed by atoms with Gasteiger partial charge in [-0.05, 0) is 24.4 Å². The number of nitrogens with zero attached hydrogens (tertiary/aromatic N) is 3. The third-order valence-electron chi connectivity index (χ3n) is 2.48. The number of rotatable bonds is 3. The quantitative estimate of drug-likeness (QED) is 0.794. The summed E-state index contributed by atoms with van der Waals surface area (Å²) in [5.74, 6) is 1.42. The van der Waals surface area contributed by atoms with Crippen molar-refractivity contribution in [2.75, 3.05) is 14.1 Å². The summed E-state index contributed by atoms with van der Waals surface area (Å²) < 4.78 is 13.0. The van der Waals surface area contributed by atoms with Gasteiger partial charge in [0, 0.05) is 33.5 Å². The smallest absolute Gasteiger partial charge is 0.259 e. The van der Waals surface area contributed by atoms with Crippen LogP contribution in [0.1, 0.15) is 17.7 Å². The first-order valence-corrected chi connectivity index (χ1v) is 5.89. The highest BCUT2D eigenvalue weighted by Gasteiger charge is 2.24. The fraction of sp³-hybridized carbons (Fsp3) is 0.333. The van der Waals surface area contributed by atoms with Gasteiger partial charge in [-0.25, -0.2) is 4.98 Å². The first kappa shape index (κ1) is 12.6. The minimum Gasteiger partial charge on any atom is -0.465 e. The second-order valence-corrected chi connectivity index (χ2v) is 4.42. The van der Waals surface area contributed by atoms with Gasteiger partial charge in [-0.1, -0.05) is 0 Å². The van der Waals surface area contributed by atoms with E-state index in [1.807, 2.05) is 44.0 Å². The molecule has 0 amide bonds. The molecule has 96 valence electrons. The van der Waals surface area contributed by atoms with Crippen molar-refractivity contribution < 1.29 is 9.15 Å². The monoisotopic (exact) mass is 265 g/mol. The van der Waals surface area contributed by atoms with E-state index in [-0.39, 0.29) is 0 Å². The molecule has 0 fully saturated rings. The van der Waals surface area contributed by atoms with Gasteiger partial charge in [-0.2, -0.15) is 0 Å². The zero-order chi connectivity index (χ0) is 13.1. The molecular formula is C12H15N3O2S. The van der Waals surface area contributed by atoms with Gasteiger partial charge in [-0.3, -0.25) is 0 Å². The van der Waals surface area contributed by atoms with Crippen molar-refractivity contribution in [1.82, 2.24) is 14.5 Å². The van der Waals surface area contributed by atoms with Crippen LogP contribution in [0, 0.1) is 0 Å². The molecule has 1 unspecified atom stereocenters. The zero-order valence-corrected chi connectivity index (χ0v) is 11.3. The van der Waals surface area contributed by atoms with E-state index in [0.717, 1.165) is 5.82 Å². The van der Waals surface area contributed by atoms with Gasteiger partial charge in [0.25, 0.3) is 5.17 Å². The molecule has 1 atom stereocenters. The third kappa shape index (κ3) is 2.53. The van der Waals surface area contributed by atoms with Crippen LogP contribution in [0.15, 0.2) is 35.2 Å². The van der Waals surface area contributed by atoms with Gasteiger partial charge < -0.3 is 18.6 Å². The summed E-state index contributed by atoms with van der Waals surface area (Å²) in [5.41, 5.74) is 0. The largest absolute Gasteiger partial charge is 0.465 e. The predicted octanol–water partition coefficient (Wildman–Crippen LogP) is 1.97. The Morgan fingerprint density at radius 2 is 2.33 bits per heavy atom. The molecule has 0 aliphatic heterocycles. The Morgan fingerprint density at radius 3 is 2.83 bits per heavy atom. The molecule has 6 heteroatoms. The van der Waals surface area contributed by atoms with E-state index >= 15 is 0 Å². The van der Waals surface area contributed by atoms with Gasteiger partial charge in [0.1, 0.15) is 0 Å². The Bertz CT molecular complexity index is 519. The fourth-order valence-corrected chi connectivity index (χ4v) is 1.61. The highest BCUT2D eigenvalue weighted by atomic mass is 32.1. The predicted molar refractivity (Wildman–Crippen MR) is 71.1 cm³/mol. The second kappa shape index (κ2) is 5.22. The Hall–Kier alpha value is -1.82. The van der Waals surface area contributed by atoms with Crippen molar-refractivity contribution in [2.45, 2.75) is 6.10 Å². The van der Waals surface area contributed by atoms with E-state index in [2.05, 4.69) is 4.98 Å². The summed E-state index contributed by atoms with van der Waals surface area (Å²) in [7, 11) is 5.57. The van der Waals surface area contributed by atoms with Crippen LogP contribution >= 0.6 is 12.2 Å². The summed E-state index contributed by atoms with van der Waals surface area (Å²) in [6.45, 7) is 0. The molecular weight excluding hydrogens is 250 g/mol. The third-order valence-corrected chi connectivity index (χ3v) is 2.94. The maximum atomic E-state index is 5.76. The second-order valence-electron chi connectivity index (χ2n) is 4.07. The molecule has 0 radical (unpaired) electrons. The van der Waals surface area contributed by atoms with Crippen molar-refractivity contribution in [2.24, 2.45) is 7.05 Å². The fourth-order valence-electron chi connectivity index (χ4n) is 1.51. The summed E-state index contributed by atoms with van der Waals surface area (Å²) in [4.78, 5) is 6.01. The van der Waals surface area contributed by atoms with Crippen molar-refractivity contribution in [3.8, 4) is 0 Å². The topological polar surface area (TPSA) is 43.4 Å². The summed E-state index contributed by atoms with van der Waals surface area (Å²) >= 11 is 5.17. The molecule has 18 heavy (non-hydrogen) atoms. The van der Waals surface area contributed by atoms with E-state index in [4.69, 9.17) is 21.4 Å². The number of aryl methyl sites for hydroxylation is 1. The van der Waals surface area contributed by atoms with Crippen molar-refractivity contribution in [3.05, 3.63) is 42.4 Å². The summed E-state index contributed by atoms with van der Waals surface area (Å²) in [6, 6.07) is 3.66. The van der Waals surface area contributed by atoms with Gasteiger partial charge >= 0.3 is 0 Å². The van der Waals surface area contributed by atoms with E-state index < -0.39 is 6.10 Å². The Labute approximate surface area is 111 Å².